The van der Waals surface area contributed by atoms with E-state index in [0.717, 1.165) is 6.42 Å². The van der Waals surface area contributed by atoms with E-state index in [1.165, 1.54) is 54.4 Å². The van der Waals surface area contributed by atoms with Gasteiger partial charge in [0.2, 0.25) is 0 Å². The molecule has 0 heteroatoms. The highest BCUT2D eigenvalue weighted by Gasteiger charge is 2.48. The first-order valence-electron chi connectivity index (χ1n) is 12.8. The Balaban J connectivity index is 1.75. The Bertz CT molecular complexity index is 1020. The largest absolute Gasteiger partial charge is 0.0804 e. The van der Waals surface area contributed by atoms with Crippen LogP contribution in [0.5, 0.6) is 0 Å². The van der Waals surface area contributed by atoms with E-state index in [2.05, 4.69) is 96.2 Å². The molecule has 0 heterocycles. The molecule has 1 fully saturated rings. The van der Waals surface area contributed by atoms with E-state index in [-0.39, 0.29) is 16.2 Å². The van der Waals surface area contributed by atoms with Crippen LogP contribution in [0, 0.1) is 5.41 Å². The van der Waals surface area contributed by atoms with Crippen molar-refractivity contribution in [1.29, 1.82) is 0 Å². The molecule has 0 atom stereocenters. The lowest BCUT2D eigenvalue weighted by molar-refractivity contribution is 0.209. The van der Waals surface area contributed by atoms with Crippen molar-refractivity contribution in [1.82, 2.24) is 0 Å². The van der Waals surface area contributed by atoms with E-state index >= 15 is 0 Å². The van der Waals surface area contributed by atoms with Crippen molar-refractivity contribution >= 4 is 0 Å². The highest BCUT2D eigenvalue weighted by atomic mass is 14.5. The molecule has 0 nitrogen and oxygen atoms in total. The smallest absolute Gasteiger partial charge is 0.0195 e. The van der Waals surface area contributed by atoms with E-state index in [4.69, 9.17) is 0 Å². The van der Waals surface area contributed by atoms with Crippen LogP contribution in [0.4, 0.5) is 0 Å². The summed E-state index contributed by atoms with van der Waals surface area (Å²) in [6, 6.07) is 14.9. The Morgan fingerprint density at radius 3 is 1.69 bits per heavy atom. The minimum atomic E-state index is 0.162. The van der Waals surface area contributed by atoms with Crippen LogP contribution in [0.2, 0.25) is 0 Å². The number of rotatable bonds is 2. The van der Waals surface area contributed by atoms with Crippen molar-refractivity contribution < 1.29 is 0 Å². The molecular weight excluding hydrogens is 384 g/mol. The van der Waals surface area contributed by atoms with E-state index in [0.29, 0.717) is 5.92 Å². The summed E-state index contributed by atoms with van der Waals surface area (Å²) in [5.74, 6) is 0.488. The van der Waals surface area contributed by atoms with Crippen LogP contribution in [0.1, 0.15) is 108 Å². The van der Waals surface area contributed by atoms with Gasteiger partial charge in [-0.05, 0) is 63.5 Å². The average Bonchev–Trinajstić information content (AvgIpc) is 3.39. The zero-order valence-electron chi connectivity index (χ0n) is 21.0. The summed E-state index contributed by atoms with van der Waals surface area (Å²) in [5.41, 5.74) is 11.3. The minimum absolute atomic E-state index is 0.162. The van der Waals surface area contributed by atoms with Crippen molar-refractivity contribution in [3.8, 4) is 11.1 Å². The van der Waals surface area contributed by atoms with Gasteiger partial charge < -0.3 is 0 Å². The summed E-state index contributed by atoms with van der Waals surface area (Å²) in [5, 5.41) is 0. The van der Waals surface area contributed by atoms with Crippen LogP contribution < -0.4 is 0 Å². The summed E-state index contributed by atoms with van der Waals surface area (Å²) in [6.07, 6.45) is 15.0. The summed E-state index contributed by atoms with van der Waals surface area (Å²) >= 11 is 0. The van der Waals surface area contributed by atoms with Crippen LogP contribution in [0.3, 0.4) is 0 Å². The monoisotopic (exact) mass is 424 g/mol. The third-order valence-electron chi connectivity index (χ3n) is 8.46. The zero-order valence-corrected chi connectivity index (χ0v) is 21.0. The zero-order chi connectivity index (χ0) is 22.7. The fraction of sp³-hybridized carbons (Fsp3) is 0.500. The molecule has 0 bridgehead atoms. The topological polar surface area (TPSA) is 0 Å². The quantitative estimate of drug-likeness (QED) is 0.450. The van der Waals surface area contributed by atoms with Crippen LogP contribution >= 0.6 is 0 Å². The molecule has 0 radical (unpaired) electrons. The second-order valence-corrected chi connectivity index (χ2v) is 12.6. The molecule has 2 aromatic rings. The first-order valence-corrected chi connectivity index (χ1v) is 12.8. The predicted molar refractivity (Wildman–Crippen MR) is 138 cm³/mol. The Morgan fingerprint density at radius 2 is 1.25 bits per heavy atom. The molecule has 3 aliphatic rings. The number of allylic oxidation sites excluding steroid dienone is 4. The normalized spacial score (nSPS) is 20.2. The maximum Gasteiger partial charge on any atom is 0.0195 e. The Kier molecular flexibility index (Phi) is 5.08. The molecule has 32 heavy (non-hydrogen) atoms. The van der Waals surface area contributed by atoms with Crippen molar-refractivity contribution in [3.63, 3.8) is 0 Å². The molecule has 0 aromatic heterocycles. The van der Waals surface area contributed by atoms with E-state index in [1.54, 1.807) is 16.7 Å². The van der Waals surface area contributed by atoms with Crippen molar-refractivity contribution in [2.24, 2.45) is 5.41 Å². The third kappa shape index (κ3) is 3.42. The maximum absolute atomic E-state index is 2.53. The summed E-state index contributed by atoms with van der Waals surface area (Å²) in [7, 11) is 0. The predicted octanol–water partition coefficient (Wildman–Crippen LogP) is 9.23. The lowest BCUT2D eigenvalue weighted by atomic mass is 9.59. The number of fused-ring (bicyclic) bond motifs is 3. The van der Waals surface area contributed by atoms with Crippen molar-refractivity contribution in [2.75, 3.05) is 0 Å². The molecule has 0 unspecified atom stereocenters. The summed E-state index contributed by atoms with van der Waals surface area (Å²) < 4.78 is 0. The number of benzene rings is 2. The molecular formula is C32H40. The highest BCUT2D eigenvalue weighted by molar-refractivity contribution is 5.81. The Morgan fingerprint density at radius 1 is 0.719 bits per heavy atom. The molecule has 0 N–H and O–H groups in total. The van der Waals surface area contributed by atoms with Crippen LogP contribution in [-0.2, 0) is 10.8 Å². The van der Waals surface area contributed by atoms with Gasteiger partial charge in [0.25, 0.3) is 0 Å². The minimum Gasteiger partial charge on any atom is -0.0804 e. The first kappa shape index (κ1) is 21.7. The maximum atomic E-state index is 2.53. The van der Waals surface area contributed by atoms with Gasteiger partial charge in [-0.2, -0.15) is 0 Å². The van der Waals surface area contributed by atoms with E-state index < -0.39 is 0 Å². The Hall–Kier alpha value is -2.08. The van der Waals surface area contributed by atoms with Crippen LogP contribution in [-0.4, -0.2) is 0 Å². The highest BCUT2D eigenvalue weighted by Crippen LogP contribution is 2.62. The second kappa shape index (κ2) is 7.47. The molecule has 1 saturated carbocycles. The Labute approximate surface area is 195 Å². The van der Waals surface area contributed by atoms with Gasteiger partial charge in [-0.15, -0.1) is 0 Å². The molecule has 3 aliphatic carbocycles. The molecule has 0 amide bonds. The van der Waals surface area contributed by atoms with Crippen molar-refractivity contribution in [3.05, 3.63) is 82.5 Å². The second-order valence-electron chi connectivity index (χ2n) is 12.6. The summed E-state index contributed by atoms with van der Waals surface area (Å²) in [4.78, 5) is 0. The van der Waals surface area contributed by atoms with Crippen LogP contribution in [0.15, 0.2) is 60.2 Å². The van der Waals surface area contributed by atoms with Crippen molar-refractivity contribution in [2.45, 2.75) is 96.8 Å². The van der Waals surface area contributed by atoms with Gasteiger partial charge in [-0.1, -0.05) is 121 Å². The molecule has 168 valence electrons. The van der Waals surface area contributed by atoms with E-state index in [9.17, 15) is 0 Å². The van der Waals surface area contributed by atoms with Gasteiger partial charge >= 0.3 is 0 Å². The fourth-order valence-electron chi connectivity index (χ4n) is 6.57. The van der Waals surface area contributed by atoms with Gasteiger partial charge in [0, 0.05) is 11.3 Å². The van der Waals surface area contributed by atoms with Gasteiger partial charge in [-0.3, -0.25) is 0 Å². The number of hydrogen-bond acceptors (Lipinski definition) is 0. The fourth-order valence-corrected chi connectivity index (χ4v) is 6.57. The molecule has 5 rings (SSSR count). The first-order chi connectivity index (χ1) is 15.1. The lowest BCUT2D eigenvalue weighted by Crippen LogP contribution is -2.33. The van der Waals surface area contributed by atoms with E-state index in [1.807, 2.05) is 0 Å². The SMILES string of the molecule is CC(C)(C)c1ccc2c(c1)-c1cc(C(C)(C)C)ccc1C2C1(C2=CC=CC2)CCCCC1. The molecule has 0 aliphatic heterocycles. The molecule has 0 saturated heterocycles. The average molecular weight is 425 g/mol. The number of hydrogen-bond donors (Lipinski definition) is 0. The standard InChI is InChI=1S/C32H40/c1-30(2,3)23-14-16-25-27(20-23)28-21-24(31(4,5)6)15-17-26(28)29(25)32(18-10-7-11-19-32)22-12-8-9-13-22/h8-9,12,14-17,20-21,29H,7,10-11,13,18-19H2,1-6H3. The lowest BCUT2D eigenvalue weighted by Gasteiger charge is -2.45. The van der Waals surface area contributed by atoms with Crippen LogP contribution in [0.25, 0.3) is 11.1 Å². The van der Waals surface area contributed by atoms with Gasteiger partial charge in [0.05, 0.1) is 0 Å². The van der Waals surface area contributed by atoms with Gasteiger partial charge in [0.1, 0.15) is 0 Å². The summed E-state index contributed by atoms with van der Waals surface area (Å²) in [6.45, 7) is 14.0. The molecule has 2 aromatic carbocycles. The van der Waals surface area contributed by atoms with Gasteiger partial charge in [-0.25, -0.2) is 0 Å². The van der Waals surface area contributed by atoms with Gasteiger partial charge in [0.15, 0.2) is 0 Å². The molecule has 0 spiro atoms. The third-order valence-corrected chi connectivity index (χ3v) is 8.46.